The summed E-state index contributed by atoms with van der Waals surface area (Å²) in [7, 11) is 5.71. The van der Waals surface area contributed by atoms with Gasteiger partial charge in [-0.3, -0.25) is 9.59 Å². The zero-order valence-electron chi connectivity index (χ0n) is 25.4. The molecule has 6 unspecified atom stereocenters. The smallest absolute Gasteiger partial charge is 0.287 e. The molecule has 0 aromatic rings. The zero-order chi connectivity index (χ0) is 28.7. The Morgan fingerprint density at radius 1 is 1.03 bits per heavy atom. The number of likely N-dealkylation sites (N-methyl/N-ethyl adjacent to an activating group) is 1. The Hall–Kier alpha value is -1.74. The average molecular weight is 536 g/mol. The Balaban J connectivity index is 2.08. The fourth-order valence-corrected chi connectivity index (χ4v) is 6.39. The first-order chi connectivity index (χ1) is 17.5. The maximum absolute atomic E-state index is 13.9. The van der Waals surface area contributed by atoms with Crippen LogP contribution in [-0.2, 0) is 33.3 Å². The quantitative estimate of drug-likeness (QED) is 0.514. The molecule has 3 rings (SSSR count). The SMILES string of the molecule is COC1C(OC2[C@@H](C)C(=O)/C(C)=C3/O[C@@H](C)C(C)(/C=C(\C)C(=O)C(C)CC2(C)C)O3)O[C@H](C)CC1N(C)C. The van der Waals surface area contributed by atoms with E-state index < -0.39 is 29.3 Å². The molecule has 0 aliphatic carbocycles. The number of ether oxygens (including phenoxy) is 5. The molecule has 2 bridgehead atoms. The minimum atomic E-state index is -0.849. The maximum Gasteiger partial charge on any atom is 0.287 e. The highest BCUT2D eigenvalue weighted by Gasteiger charge is 2.49. The lowest BCUT2D eigenvalue weighted by atomic mass is 9.71. The van der Waals surface area contributed by atoms with Crippen LogP contribution >= 0.6 is 0 Å². The van der Waals surface area contributed by atoms with Gasteiger partial charge in [0.15, 0.2) is 23.5 Å². The highest BCUT2D eigenvalue weighted by atomic mass is 16.7. The van der Waals surface area contributed by atoms with Gasteiger partial charge in [0, 0.05) is 25.0 Å². The van der Waals surface area contributed by atoms with Gasteiger partial charge >= 0.3 is 0 Å². The Bertz CT molecular complexity index is 970. The van der Waals surface area contributed by atoms with Crippen molar-refractivity contribution in [3.05, 3.63) is 23.2 Å². The van der Waals surface area contributed by atoms with Crippen LogP contribution in [0.2, 0.25) is 0 Å². The molecule has 8 heteroatoms. The lowest BCUT2D eigenvalue weighted by molar-refractivity contribution is -0.289. The first-order valence-corrected chi connectivity index (χ1v) is 13.9. The molecule has 0 aromatic heterocycles. The van der Waals surface area contributed by atoms with Crippen molar-refractivity contribution < 1.29 is 33.3 Å². The predicted octanol–water partition coefficient (Wildman–Crippen LogP) is 4.66. The summed E-state index contributed by atoms with van der Waals surface area (Å²) in [5.41, 5.74) is -0.358. The van der Waals surface area contributed by atoms with E-state index in [0.717, 1.165) is 6.42 Å². The van der Waals surface area contributed by atoms with Crippen LogP contribution in [0.25, 0.3) is 0 Å². The molecule has 38 heavy (non-hydrogen) atoms. The molecule has 2 fully saturated rings. The molecule has 216 valence electrons. The Kier molecular flexibility index (Phi) is 9.24. The average Bonchev–Trinajstić information content (AvgIpc) is 3.12. The minimum Gasteiger partial charge on any atom is -0.457 e. The largest absolute Gasteiger partial charge is 0.457 e. The van der Waals surface area contributed by atoms with Gasteiger partial charge in [-0.1, -0.05) is 27.7 Å². The number of rotatable bonds is 4. The molecule has 3 aliphatic rings. The number of carbonyl (C=O) groups excluding carboxylic acids is 2. The number of hydrogen-bond acceptors (Lipinski definition) is 8. The third kappa shape index (κ3) is 6.03. The molecule has 3 heterocycles. The number of nitrogens with zero attached hydrogens (tertiary/aromatic N) is 1. The van der Waals surface area contributed by atoms with Crippen LogP contribution in [-0.4, -0.2) is 80.0 Å². The summed E-state index contributed by atoms with van der Waals surface area (Å²) in [6, 6.07) is 0.0919. The van der Waals surface area contributed by atoms with Gasteiger partial charge in [0.25, 0.3) is 5.95 Å². The van der Waals surface area contributed by atoms with Crippen LogP contribution in [0.4, 0.5) is 0 Å². The van der Waals surface area contributed by atoms with E-state index in [1.807, 2.05) is 61.7 Å². The summed E-state index contributed by atoms with van der Waals surface area (Å²) in [5.74, 6) is -0.701. The van der Waals surface area contributed by atoms with Crippen LogP contribution in [0.5, 0.6) is 0 Å². The van der Waals surface area contributed by atoms with Crippen molar-refractivity contribution in [2.24, 2.45) is 17.3 Å². The van der Waals surface area contributed by atoms with Crippen molar-refractivity contribution in [3.8, 4) is 0 Å². The standard InChI is InChI=1S/C30H49NO7/c1-16-14-29(7,8)26(37-28-25(34-12)22(31(10)11)13-18(3)35-28)19(4)24(33)20(5)27-36-21(6)30(9,38-27)15-17(2)23(16)32/h15-16,18-19,21-22,25-26,28H,13-14H2,1-12H3/b17-15+,27-20-/t16?,18-,19+,21+,22?,25?,26?,28?,30?/m1/s1. The van der Waals surface area contributed by atoms with Crippen molar-refractivity contribution in [1.29, 1.82) is 0 Å². The van der Waals surface area contributed by atoms with Crippen LogP contribution in [0, 0.1) is 17.3 Å². The second-order valence-electron chi connectivity index (χ2n) is 12.7. The molecule has 8 nitrogen and oxygen atoms in total. The minimum absolute atomic E-state index is 0.0423. The van der Waals surface area contributed by atoms with Gasteiger partial charge in [-0.05, 0) is 78.6 Å². The Morgan fingerprint density at radius 3 is 2.24 bits per heavy atom. The number of allylic oxidation sites excluding steroid dienone is 2. The molecule has 2 saturated heterocycles. The molecular weight excluding hydrogens is 486 g/mol. The van der Waals surface area contributed by atoms with Gasteiger partial charge in [-0.25, -0.2) is 0 Å². The molecule has 0 N–H and O–H groups in total. The highest BCUT2D eigenvalue weighted by molar-refractivity contribution is 5.98. The van der Waals surface area contributed by atoms with E-state index >= 15 is 0 Å². The lowest BCUT2D eigenvalue weighted by Crippen LogP contribution is -2.57. The summed E-state index contributed by atoms with van der Waals surface area (Å²) in [4.78, 5) is 29.5. The first kappa shape index (κ1) is 30.8. The number of hydrogen-bond donors (Lipinski definition) is 0. The van der Waals surface area contributed by atoms with Gasteiger partial charge in [0.1, 0.15) is 12.2 Å². The van der Waals surface area contributed by atoms with Crippen LogP contribution in [0.15, 0.2) is 23.2 Å². The summed E-state index contributed by atoms with van der Waals surface area (Å²) in [6.07, 6.45) is 1.21. The normalized spacial score (nSPS) is 43.9. The van der Waals surface area contributed by atoms with Gasteiger partial charge in [-0.2, -0.15) is 0 Å². The summed E-state index contributed by atoms with van der Waals surface area (Å²) < 4.78 is 31.2. The molecule has 0 amide bonds. The molecule has 0 aromatic carbocycles. The number of Topliss-reactive ketones (excluding diaryl/α,β-unsaturated/α-hetero) is 2. The van der Waals surface area contributed by atoms with E-state index in [1.54, 1.807) is 14.0 Å². The van der Waals surface area contributed by atoms with Crippen molar-refractivity contribution in [2.75, 3.05) is 21.2 Å². The lowest BCUT2D eigenvalue weighted by Gasteiger charge is -2.47. The zero-order valence-corrected chi connectivity index (χ0v) is 25.4. The first-order valence-electron chi connectivity index (χ1n) is 13.9. The number of fused-ring (bicyclic) bond motifs is 2. The molecule has 9 atom stereocenters. The summed E-state index contributed by atoms with van der Waals surface area (Å²) in [5, 5.41) is 0. The van der Waals surface area contributed by atoms with Crippen LogP contribution < -0.4 is 0 Å². The van der Waals surface area contributed by atoms with E-state index in [0.29, 0.717) is 17.6 Å². The number of carbonyl (C=O) groups is 2. The third-order valence-corrected chi connectivity index (χ3v) is 8.69. The number of ketones is 2. The molecular formula is C30H49NO7. The molecule has 0 saturated carbocycles. The Morgan fingerprint density at radius 2 is 1.66 bits per heavy atom. The van der Waals surface area contributed by atoms with Crippen molar-refractivity contribution >= 4 is 11.6 Å². The summed E-state index contributed by atoms with van der Waals surface area (Å²) >= 11 is 0. The van der Waals surface area contributed by atoms with E-state index in [-0.39, 0.29) is 47.8 Å². The fraction of sp³-hybridized carbons (Fsp3) is 0.800. The van der Waals surface area contributed by atoms with E-state index in [4.69, 9.17) is 23.7 Å². The Labute approximate surface area is 229 Å². The number of methoxy groups -OCH3 is 1. The summed E-state index contributed by atoms with van der Waals surface area (Å²) in [6.45, 7) is 17.3. The van der Waals surface area contributed by atoms with E-state index in [1.165, 1.54) is 0 Å². The van der Waals surface area contributed by atoms with Crippen LogP contribution in [0.3, 0.4) is 0 Å². The maximum atomic E-state index is 13.9. The van der Waals surface area contributed by atoms with Crippen molar-refractivity contribution in [2.45, 2.75) is 118 Å². The van der Waals surface area contributed by atoms with Gasteiger partial charge in [0.05, 0.1) is 17.8 Å². The van der Waals surface area contributed by atoms with E-state index in [9.17, 15) is 9.59 Å². The van der Waals surface area contributed by atoms with Gasteiger partial charge in [0.2, 0.25) is 0 Å². The second kappa shape index (κ2) is 11.4. The topological polar surface area (TPSA) is 83.5 Å². The van der Waals surface area contributed by atoms with Gasteiger partial charge in [-0.15, -0.1) is 0 Å². The molecule has 0 spiro atoms. The fourth-order valence-electron chi connectivity index (χ4n) is 6.39. The third-order valence-electron chi connectivity index (χ3n) is 8.69. The van der Waals surface area contributed by atoms with Crippen LogP contribution in [0.1, 0.15) is 75.2 Å². The monoisotopic (exact) mass is 535 g/mol. The molecule has 0 radical (unpaired) electrons. The second-order valence-corrected chi connectivity index (χ2v) is 12.7. The molecule has 3 aliphatic heterocycles. The van der Waals surface area contributed by atoms with Crippen molar-refractivity contribution in [3.63, 3.8) is 0 Å². The predicted molar refractivity (Wildman–Crippen MR) is 145 cm³/mol. The highest BCUT2D eigenvalue weighted by Crippen LogP contribution is 2.42. The van der Waals surface area contributed by atoms with Crippen molar-refractivity contribution in [1.82, 2.24) is 4.90 Å². The van der Waals surface area contributed by atoms with E-state index in [2.05, 4.69) is 18.7 Å². The van der Waals surface area contributed by atoms with Gasteiger partial charge < -0.3 is 28.6 Å².